The van der Waals surface area contributed by atoms with Gasteiger partial charge < -0.3 is 20.9 Å². The number of rotatable bonds is 4. The van der Waals surface area contributed by atoms with Crippen molar-refractivity contribution in [3.8, 4) is 22.5 Å². The molecule has 0 spiro atoms. The number of hydrogen-bond acceptors (Lipinski definition) is 10. The van der Waals surface area contributed by atoms with Crippen LogP contribution in [-0.2, 0) is 9.47 Å². The monoisotopic (exact) mass is 536 g/mol. The minimum atomic E-state index is -0.390. The highest BCUT2D eigenvalue weighted by atomic mass is 79.9. The van der Waals surface area contributed by atoms with Gasteiger partial charge in [-0.3, -0.25) is 0 Å². The number of halogens is 1. The second-order valence-electron chi connectivity index (χ2n) is 6.95. The molecule has 0 unspecified atom stereocenters. The Balaban J connectivity index is 0.000000196. The number of benzene rings is 2. The third-order valence-corrected chi connectivity index (χ3v) is 5.25. The van der Waals surface area contributed by atoms with Gasteiger partial charge in [0.2, 0.25) is 0 Å². The number of anilines is 2. The van der Waals surface area contributed by atoms with Gasteiger partial charge >= 0.3 is 11.9 Å². The Labute approximate surface area is 209 Å². The predicted molar refractivity (Wildman–Crippen MR) is 134 cm³/mol. The molecule has 0 amide bonds. The fourth-order valence-corrected chi connectivity index (χ4v) is 3.16. The molecule has 0 aliphatic carbocycles. The average Bonchev–Trinajstić information content (AvgIpc) is 2.90. The molecule has 10 nitrogen and oxygen atoms in total. The maximum absolute atomic E-state index is 11.4. The lowest BCUT2D eigenvalue weighted by atomic mass is 10.1. The van der Waals surface area contributed by atoms with Crippen LogP contribution < -0.4 is 11.5 Å². The molecule has 4 rings (SSSR count). The van der Waals surface area contributed by atoms with Gasteiger partial charge in [-0.05, 0) is 58.4 Å². The summed E-state index contributed by atoms with van der Waals surface area (Å²) in [7, 11) is 2.69. The van der Waals surface area contributed by atoms with Crippen molar-refractivity contribution in [1.82, 2.24) is 20.4 Å². The van der Waals surface area contributed by atoms with Crippen LogP contribution in [0.3, 0.4) is 0 Å². The van der Waals surface area contributed by atoms with Crippen LogP contribution in [-0.4, -0.2) is 46.6 Å². The van der Waals surface area contributed by atoms with E-state index in [0.29, 0.717) is 38.6 Å². The van der Waals surface area contributed by atoms with Crippen LogP contribution in [0.2, 0.25) is 0 Å². The quantitative estimate of drug-likeness (QED) is 0.367. The molecule has 178 valence electrons. The minimum absolute atomic E-state index is 0.322. The Hall–Kier alpha value is -4.38. The summed E-state index contributed by atoms with van der Waals surface area (Å²) in [4.78, 5) is 22.8. The van der Waals surface area contributed by atoms with Crippen LogP contribution in [0.25, 0.3) is 22.5 Å². The molecule has 0 radical (unpaired) electrons. The van der Waals surface area contributed by atoms with Gasteiger partial charge in [0, 0.05) is 11.1 Å². The highest BCUT2D eigenvalue weighted by Gasteiger charge is 2.09. The minimum Gasteiger partial charge on any atom is -0.465 e. The number of nitrogen functional groups attached to an aromatic ring is 2. The molecule has 11 heteroatoms. The lowest BCUT2D eigenvalue weighted by molar-refractivity contribution is 0.0592. The molecule has 2 heterocycles. The first-order valence-corrected chi connectivity index (χ1v) is 10.9. The van der Waals surface area contributed by atoms with Crippen molar-refractivity contribution in [3.63, 3.8) is 0 Å². The summed E-state index contributed by atoms with van der Waals surface area (Å²) in [5.74, 6) is -0.0877. The van der Waals surface area contributed by atoms with Gasteiger partial charge in [0.05, 0.1) is 41.2 Å². The van der Waals surface area contributed by atoms with E-state index < -0.39 is 0 Å². The lowest BCUT2D eigenvalue weighted by Gasteiger charge is -2.04. The molecule has 0 saturated heterocycles. The molecule has 0 aliphatic rings. The van der Waals surface area contributed by atoms with Gasteiger partial charge in [-0.1, -0.05) is 24.3 Å². The van der Waals surface area contributed by atoms with E-state index in [2.05, 4.69) is 45.8 Å². The number of nitrogens with two attached hydrogens (primary N) is 2. The van der Waals surface area contributed by atoms with Gasteiger partial charge in [0.25, 0.3) is 0 Å². The summed E-state index contributed by atoms with van der Waals surface area (Å²) in [5.41, 5.74) is 14.8. The summed E-state index contributed by atoms with van der Waals surface area (Å²) in [5, 5.41) is 15.5. The summed E-state index contributed by atoms with van der Waals surface area (Å²) < 4.78 is 9.98. The number of ether oxygens (including phenoxy) is 2. The van der Waals surface area contributed by atoms with E-state index in [1.807, 2.05) is 12.1 Å². The van der Waals surface area contributed by atoms with Gasteiger partial charge in [-0.2, -0.15) is 0 Å². The van der Waals surface area contributed by atoms with Crippen LogP contribution in [0.1, 0.15) is 20.7 Å². The summed E-state index contributed by atoms with van der Waals surface area (Å²) in [6.45, 7) is 0. The molecule has 0 bridgehead atoms. The zero-order chi connectivity index (χ0) is 25.4. The highest BCUT2D eigenvalue weighted by Crippen LogP contribution is 2.24. The SMILES string of the molecule is COC(=O)c1cccc(-c2cc(Br)c(N)nn2)c1.COC(=O)c1cccc(-c2ccc(N)nn2)c1. The van der Waals surface area contributed by atoms with Crippen LogP contribution >= 0.6 is 15.9 Å². The smallest absolute Gasteiger partial charge is 0.337 e. The summed E-state index contributed by atoms with van der Waals surface area (Å²) in [6.07, 6.45) is 0. The topological polar surface area (TPSA) is 156 Å². The second-order valence-corrected chi connectivity index (χ2v) is 7.81. The molecule has 0 aliphatic heterocycles. The van der Waals surface area contributed by atoms with E-state index >= 15 is 0 Å². The van der Waals surface area contributed by atoms with Crippen LogP contribution in [0, 0.1) is 0 Å². The van der Waals surface area contributed by atoms with Crippen LogP contribution in [0.15, 0.2) is 71.2 Å². The van der Waals surface area contributed by atoms with E-state index in [1.165, 1.54) is 14.2 Å². The Kier molecular flexibility index (Phi) is 8.41. The average molecular weight is 537 g/mol. The number of nitrogens with zero attached hydrogens (tertiary/aromatic N) is 4. The first-order valence-electron chi connectivity index (χ1n) is 10.1. The van der Waals surface area contributed by atoms with Crippen molar-refractivity contribution < 1.29 is 19.1 Å². The van der Waals surface area contributed by atoms with E-state index in [1.54, 1.807) is 54.6 Å². The standard InChI is InChI=1S/C12H10BrN3O2.C12H11N3O2/c1-18-12(17)8-4-2-3-7(5-8)10-6-9(13)11(14)16-15-10;1-17-12(16)9-4-2-3-8(7-9)10-5-6-11(13)15-14-10/h2-6H,1H3,(H2,14,16);2-7H,1H3,(H2,13,15). The zero-order valence-corrected chi connectivity index (χ0v) is 20.4. The molecule has 0 fully saturated rings. The summed E-state index contributed by atoms with van der Waals surface area (Å²) in [6, 6.07) is 19.1. The Morgan fingerprint density at radius 3 is 1.74 bits per heavy atom. The van der Waals surface area contributed by atoms with E-state index in [4.69, 9.17) is 11.5 Å². The second kappa shape index (κ2) is 11.7. The van der Waals surface area contributed by atoms with Crippen molar-refractivity contribution >= 4 is 39.5 Å². The van der Waals surface area contributed by atoms with Crippen molar-refractivity contribution in [1.29, 1.82) is 0 Å². The number of esters is 2. The number of aromatic nitrogens is 4. The van der Waals surface area contributed by atoms with Gasteiger partial charge in [-0.15, -0.1) is 20.4 Å². The normalized spacial score (nSPS) is 10.0. The van der Waals surface area contributed by atoms with Crippen LogP contribution in [0.4, 0.5) is 11.6 Å². The fourth-order valence-electron chi connectivity index (χ4n) is 2.86. The van der Waals surface area contributed by atoms with Gasteiger partial charge in [0.15, 0.2) is 5.82 Å². The molecule has 35 heavy (non-hydrogen) atoms. The Morgan fingerprint density at radius 1 is 0.714 bits per heavy atom. The van der Waals surface area contributed by atoms with E-state index in [9.17, 15) is 9.59 Å². The van der Waals surface area contributed by atoms with Crippen molar-refractivity contribution in [2.45, 2.75) is 0 Å². The molecular weight excluding hydrogens is 516 g/mol. The van der Waals surface area contributed by atoms with Gasteiger partial charge in [-0.25, -0.2) is 9.59 Å². The third-order valence-electron chi connectivity index (χ3n) is 4.62. The molecule has 0 atom stereocenters. The highest BCUT2D eigenvalue weighted by molar-refractivity contribution is 9.10. The van der Waals surface area contributed by atoms with Crippen molar-refractivity contribution in [2.75, 3.05) is 25.7 Å². The van der Waals surface area contributed by atoms with Gasteiger partial charge in [0.1, 0.15) is 5.82 Å². The molecule has 4 aromatic rings. The number of carbonyl (C=O) groups is 2. The third kappa shape index (κ3) is 6.58. The Morgan fingerprint density at radius 2 is 1.26 bits per heavy atom. The maximum Gasteiger partial charge on any atom is 0.337 e. The van der Waals surface area contributed by atoms with E-state index in [0.717, 1.165) is 11.1 Å². The molecule has 0 saturated carbocycles. The van der Waals surface area contributed by atoms with E-state index in [-0.39, 0.29) is 11.9 Å². The summed E-state index contributed by atoms with van der Waals surface area (Å²) >= 11 is 3.29. The Bertz CT molecular complexity index is 1350. The first kappa shape index (κ1) is 25.2. The zero-order valence-electron chi connectivity index (χ0n) is 18.8. The number of hydrogen-bond donors (Lipinski definition) is 2. The number of methoxy groups -OCH3 is 2. The largest absolute Gasteiger partial charge is 0.465 e. The number of carbonyl (C=O) groups excluding carboxylic acids is 2. The molecule has 4 N–H and O–H groups in total. The fraction of sp³-hybridized carbons (Fsp3) is 0.0833. The molecule has 2 aromatic heterocycles. The van der Waals surface area contributed by atoms with Crippen molar-refractivity contribution in [2.24, 2.45) is 0 Å². The maximum atomic E-state index is 11.4. The lowest BCUT2D eigenvalue weighted by Crippen LogP contribution is -2.01. The molecule has 2 aromatic carbocycles. The predicted octanol–water partition coefficient (Wildman–Crippen LogP) is 3.79. The molecular formula is C24H21BrN6O4. The van der Waals surface area contributed by atoms with Crippen molar-refractivity contribution in [3.05, 3.63) is 82.3 Å². The first-order chi connectivity index (χ1) is 16.8. The van der Waals surface area contributed by atoms with Crippen LogP contribution in [0.5, 0.6) is 0 Å².